The van der Waals surface area contributed by atoms with E-state index in [1.165, 1.54) is 5.57 Å². The van der Waals surface area contributed by atoms with Crippen LogP contribution in [0.3, 0.4) is 0 Å². The lowest BCUT2D eigenvalue weighted by Crippen LogP contribution is -2.68. The number of carbonyl (C=O) groups is 2. The Balaban J connectivity index is 1.63. The SMILES string of the molecule is CC1(C)CC[C@]2(C(=O)O)CC[C@]3(C)C(=CCC4[C@@]5(C)CCC(=O)C(C)(C)C5[C@H](O)C[C@]43C)C2C1. The van der Waals surface area contributed by atoms with Crippen LogP contribution in [0.2, 0.25) is 0 Å². The predicted molar refractivity (Wildman–Crippen MR) is 133 cm³/mol. The fourth-order valence-electron chi connectivity index (χ4n) is 10.6. The molecule has 0 aliphatic heterocycles. The molecule has 5 aliphatic carbocycles. The molecule has 5 aliphatic rings. The molecule has 0 amide bonds. The van der Waals surface area contributed by atoms with Crippen LogP contribution in [0.15, 0.2) is 11.6 Å². The van der Waals surface area contributed by atoms with E-state index in [4.69, 9.17) is 0 Å². The van der Waals surface area contributed by atoms with Gasteiger partial charge in [0, 0.05) is 17.8 Å². The zero-order valence-electron chi connectivity index (χ0n) is 22.5. The second kappa shape index (κ2) is 6.99. The van der Waals surface area contributed by atoms with E-state index in [2.05, 4.69) is 54.5 Å². The molecule has 0 aromatic heterocycles. The molecule has 4 heteroatoms. The number of hydrogen-bond donors (Lipinski definition) is 2. The Morgan fingerprint density at radius 2 is 1.59 bits per heavy atom. The first-order chi connectivity index (χ1) is 15.6. The van der Waals surface area contributed by atoms with Crippen molar-refractivity contribution in [2.24, 2.45) is 50.2 Å². The van der Waals surface area contributed by atoms with Gasteiger partial charge in [-0.15, -0.1) is 0 Å². The van der Waals surface area contributed by atoms with Gasteiger partial charge in [0.1, 0.15) is 5.78 Å². The summed E-state index contributed by atoms with van der Waals surface area (Å²) in [6, 6.07) is 0. The van der Waals surface area contributed by atoms with Gasteiger partial charge in [-0.25, -0.2) is 0 Å². The first kappa shape index (κ1) is 24.5. The van der Waals surface area contributed by atoms with E-state index in [0.29, 0.717) is 24.5 Å². The van der Waals surface area contributed by atoms with Gasteiger partial charge in [0.2, 0.25) is 0 Å². The number of aliphatic carboxylic acids is 1. The minimum Gasteiger partial charge on any atom is -0.481 e. The number of allylic oxidation sites excluding steroid dienone is 2. The van der Waals surface area contributed by atoms with Crippen LogP contribution in [0.25, 0.3) is 0 Å². The Morgan fingerprint density at radius 3 is 2.24 bits per heavy atom. The normalized spacial score (nSPS) is 51.3. The minimum atomic E-state index is -0.636. The van der Waals surface area contributed by atoms with Crippen LogP contribution >= 0.6 is 0 Å². The molecule has 2 N–H and O–H groups in total. The van der Waals surface area contributed by atoms with E-state index >= 15 is 0 Å². The van der Waals surface area contributed by atoms with E-state index in [9.17, 15) is 19.8 Å². The van der Waals surface area contributed by atoms with E-state index in [-0.39, 0.29) is 33.5 Å². The summed E-state index contributed by atoms with van der Waals surface area (Å²) in [4.78, 5) is 25.7. The first-order valence-corrected chi connectivity index (χ1v) is 13.7. The molecule has 190 valence electrons. The summed E-state index contributed by atoms with van der Waals surface area (Å²) in [5, 5.41) is 22.2. The number of aliphatic hydroxyl groups excluding tert-OH is 1. The average molecular weight is 471 g/mol. The van der Waals surface area contributed by atoms with Gasteiger partial charge in [0.15, 0.2) is 0 Å². The number of rotatable bonds is 1. The third-order valence-electron chi connectivity index (χ3n) is 12.7. The molecular formula is C30H46O4. The number of ketones is 1. The monoisotopic (exact) mass is 470 g/mol. The summed E-state index contributed by atoms with van der Waals surface area (Å²) < 4.78 is 0. The Kier molecular flexibility index (Phi) is 5.04. The van der Waals surface area contributed by atoms with E-state index in [1.54, 1.807) is 0 Å². The van der Waals surface area contributed by atoms with Crippen molar-refractivity contribution in [3.8, 4) is 0 Å². The van der Waals surface area contributed by atoms with Crippen molar-refractivity contribution in [3.05, 3.63) is 11.6 Å². The number of Topliss-reactive ketones (excluding diaryl/α,β-unsaturated/α-hetero) is 1. The van der Waals surface area contributed by atoms with Crippen molar-refractivity contribution < 1.29 is 19.8 Å². The van der Waals surface area contributed by atoms with E-state index in [0.717, 1.165) is 44.9 Å². The van der Waals surface area contributed by atoms with Crippen LogP contribution in [0.4, 0.5) is 0 Å². The van der Waals surface area contributed by atoms with Crippen LogP contribution in [-0.2, 0) is 9.59 Å². The molecule has 5 rings (SSSR count). The van der Waals surface area contributed by atoms with Crippen molar-refractivity contribution in [1.82, 2.24) is 0 Å². The molecule has 0 radical (unpaired) electrons. The molecule has 0 bridgehead atoms. The van der Waals surface area contributed by atoms with Crippen molar-refractivity contribution in [3.63, 3.8) is 0 Å². The van der Waals surface area contributed by atoms with Gasteiger partial charge < -0.3 is 10.2 Å². The number of carboxylic acid groups (broad SMARTS) is 1. The Morgan fingerprint density at radius 1 is 0.941 bits per heavy atom. The minimum absolute atomic E-state index is 0.0202. The van der Waals surface area contributed by atoms with Gasteiger partial charge in [-0.2, -0.15) is 0 Å². The molecule has 0 saturated heterocycles. The van der Waals surface area contributed by atoms with Gasteiger partial charge in [0.05, 0.1) is 11.5 Å². The Hall–Kier alpha value is -1.16. The summed E-state index contributed by atoms with van der Waals surface area (Å²) >= 11 is 0. The van der Waals surface area contributed by atoms with Crippen LogP contribution < -0.4 is 0 Å². The average Bonchev–Trinajstić information content (AvgIpc) is 2.70. The van der Waals surface area contributed by atoms with Crippen molar-refractivity contribution >= 4 is 11.8 Å². The quantitative estimate of drug-likeness (QED) is 0.434. The molecule has 4 fully saturated rings. The number of aliphatic hydroxyl groups is 1. The van der Waals surface area contributed by atoms with E-state index in [1.807, 2.05) is 0 Å². The number of fused-ring (bicyclic) bond motifs is 7. The van der Waals surface area contributed by atoms with Gasteiger partial charge in [-0.3, -0.25) is 9.59 Å². The highest BCUT2D eigenvalue weighted by Gasteiger charge is 2.71. The van der Waals surface area contributed by atoms with Gasteiger partial charge in [0.25, 0.3) is 0 Å². The third-order valence-corrected chi connectivity index (χ3v) is 12.7. The third kappa shape index (κ3) is 2.81. The maximum Gasteiger partial charge on any atom is 0.310 e. The standard InChI is InChI=1S/C30H46O4/c1-25(2)12-14-30(24(33)34)15-13-28(6)18(19(30)16-25)8-9-21-27(5)11-10-22(32)26(3,4)23(27)20(31)17-29(21,28)7/h8,19-21,23,31H,9-17H2,1-7H3,(H,33,34)/t19?,20-,21?,23?,27-,28-,29-,30+/m1/s1. The van der Waals surface area contributed by atoms with Crippen LogP contribution in [0.5, 0.6) is 0 Å². The molecule has 34 heavy (non-hydrogen) atoms. The van der Waals surface area contributed by atoms with Crippen LogP contribution in [0, 0.1) is 50.2 Å². The second-order valence-electron chi connectivity index (χ2n) is 15.0. The molecule has 3 unspecified atom stereocenters. The molecule has 0 aromatic rings. The second-order valence-corrected chi connectivity index (χ2v) is 15.0. The Labute approximate surface area is 206 Å². The maximum absolute atomic E-state index is 12.9. The van der Waals surface area contributed by atoms with Crippen molar-refractivity contribution in [1.29, 1.82) is 0 Å². The van der Waals surface area contributed by atoms with Gasteiger partial charge in [-0.1, -0.05) is 60.1 Å². The molecular weight excluding hydrogens is 424 g/mol. The molecule has 8 atom stereocenters. The molecule has 4 saturated carbocycles. The number of carboxylic acids is 1. The van der Waals surface area contributed by atoms with Crippen molar-refractivity contribution in [2.75, 3.05) is 0 Å². The lowest BCUT2D eigenvalue weighted by atomic mass is 9.33. The largest absolute Gasteiger partial charge is 0.481 e. The lowest BCUT2D eigenvalue weighted by Gasteiger charge is -2.71. The highest BCUT2D eigenvalue weighted by atomic mass is 16.4. The molecule has 0 aromatic carbocycles. The van der Waals surface area contributed by atoms with Gasteiger partial charge >= 0.3 is 5.97 Å². The van der Waals surface area contributed by atoms with Gasteiger partial charge in [-0.05, 0) is 84.9 Å². The molecule has 0 spiro atoms. The maximum atomic E-state index is 12.9. The smallest absolute Gasteiger partial charge is 0.310 e. The summed E-state index contributed by atoms with van der Waals surface area (Å²) in [7, 11) is 0. The summed E-state index contributed by atoms with van der Waals surface area (Å²) in [6.45, 7) is 15.9. The zero-order valence-corrected chi connectivity index (χ0v) is 22.5. The molecule has 4 nitrogen and oxygen atoms in total. The van der Waals surface area contributed by atoms with Crippen molar-refractivity contribution in [2.45, 2.75) is 112 Å². The molecule has 0 heterocycles. The summed E-state index contributed by atoms with van der Waals surface area (Å²) in [5.74, 6) is 0.143. The topological polar surface area (TPSA) is 74.6 Å². The van der Waals surface area contributed by atoms with E-state index < -0.39 is 22.9 Å². The number of carbonyl (C=O) groups excluding carboxylic acids is 1. The summed E-state index contributed by atoms with van der Waals surface area (Å²) in [6.07, 6.45) is 9.35. The Bertz CT molecular complexity index is 961. The highest BCUT2D eigenvalue weighted by molar-refractivity contribution is 5.85. The lowest BCUT2D eigenvalue weighted by molar-refractivity contribution is -0.220. The predicted octanol–water partition coefficient (Wildman–Crippen LogP) is 6.41. The zero-order chi connectivity index (χ0) is 25.1. The van der Waals surface area contributed by atoms with Crippen LogP contribution in [-0.4, -0.2) is 28.1 Å². The first-order valence-electron chi connectivity index (χ1n) is 13.7. The fraction of sp³-hybridized carbons (Fsp3) is 0.867. The summed E-state index contributed by atoms with van der Waals surface area (Å²) in [5.41, 5.74) is 0.0744. The highest BCUT2D eigenvalue weighted by Crippen LogP contribution is 2.75. The van der Waals surface area contributed by atoms with Crippen LogP contribution in [0.1, 0.15) is 106 Å². The number of hydrogen-bond acceptors (Lipinski definition) is 3. The fourth-order valence-corrected chi connectivity index (χ4v) is 10.6.